The minimum Gasteiger partial charge on any atom is -0.351 e. The molecule has 0 atom stereocenters. The van der Waals surface area contributed by atoms with E-state index in [1.165, 1.54) is 11.3 Å². The van der Waals surface area contributed by atoms with Gasteiger partial charge in [0, 0.05) is 6.42 Å². The number of hydrogen-bond acceptors (Lipinski definition) is 4. The third-order valence-corrected chi connectivity index (χ3v) is 1.88. The summed E-state index contributed by atoms with van der Waals surface area (Å²) in [5, 5.41) is 11.0. The number of aromatic nitrogens is 2. The van der Waals surface area contributed by atoms with E-state index in [4.69, 9.17) is 5.73 Å². The molecule has 0 unspecified atom stereocenters. The first kappa shape index (κ1) is 8.66. The summed E-state index contributed by atoms with van der Waals surface area (Å²) < 4.78 is 0. The van der Waals surface area contributed by atoms with Crippen LogP contribution < -0.4 is 11.1 Å². The van der Waals surface area contributed by atoms with Crippen LogP contribution in [0.3, 0.4) is 0 Å². The molecule has 0 aromatic carbocycles. The molecule has 3 N–H and O–H groups in total. The van der Waals surface area contributed by atoms with Crippen molar-refractivity contribution in [3.05, 3.63) is 17.7 Å². The Morgan fingerprint density at radius 3 is 3.08 bits per heavy atom. The summed E-state index contributed by atoms with van der Waals surface area (Å²) in [6.45, 7) is 3.55. The molecule has 0 aliphatic carbocycles. The Morgan fingerprint density at radius 2 is 2.50 bits per heavy atom. The fourth-order valence-corrected chi connectivity index (χ4v) is 1.35. The summed E-state index contributed by atoms with van der Waals surface area (Å²) in [5.74, 6) is 0. The third kappa shape index (κ3) is 2.31. The number of carbonyl (C=O) groups excluding carboxylic acids is 1. The van der Waals surface area contributed by atoms with Gasteiger partial charge in [-0.25, -0.2) is 4.79 Å². The Kier molecular flexibility index (Phi) is 2.76. The van der Waals surface area contributed by atoms with Crippen molar-refractivity contribution in [1.82, 2.24) is 10.2 Å². The van der Waals surface area contributed by atoms with E-state index in [-0.39, 0.29) is 0 Å². The molecule has 0 aliphatic rings. The highest BCUT2D eigenvalue weighted by molar-refractivity contribution is 7.15. The van der Waals surface area contributed by atoms with Crippen LogP contribution in [0.15, 0.2) is 12.7 Å². The van der Waals surface area contributed by atoms with Gasteiger partial charge in [0.1, 0.15) is 5.01 Å². The van der Waals surface area contributed by atoms with Crippen LogP contribution in [0.1, 0.15) is 5.01 Å². The van der Waals surface area contributed by atoms with Gasteiger partial charge >= 0.3 is 6.03 Å². The molecule has 1 aromatic rings. The van der Waals surface area contributed by atoms with Crippen LogP contribution in [0.5, 0.6) is 0 Å². The second-order valence-corrected chi connectivity index (χ2v) is 3.05. The minimum absolute atomic E-state index is 0.416. The summed E-state index contributed by atoms with van der Waals surface area (Å²) in [4.78, 5) is 10.4. The van der Waals surface area contributed by atoms with Crippen LogP contribution in [0.4, 0.5) is 9.93 Å². The van der Waals surface area contributed by atoms with Gasteiger partial charge in [0.2, 0.25) is 5.13 Å². The highest BCUT2D eigenvalue weighted by atomic mass is 32.1. The second kappa shape index (κ2) is 3.82. The maximum atomic E-state index is 10.4. The van der Waals surface area contributed by atoms with Crippen LogP contribution in [-0.4, -0.2) is 16.2 Å². The van der Waals surface area contributed by atoms with Gasteiger partial charge in [0.05, 0.1) is 0 Å². The Labute approximate surface area is 73.3 Å². The molecule has 0 saturated carbocycles. The van der Waals surface area contributed by atoms with E-state index in [0.717, 1.165) is 5.01 Å². The molecule has 6 heteroatoms. The van der Waals surface area contributed by atoms with Crippen LogP contribution in [0.25, 0.3) is 0 Å². The topological polar surface area (TPSA) is 80.9 Å². The molecule has 2 amide bonds. The lowest BCUT2D eigenvalue weighted by atomic mass is 10.5. The van der Waals surface area contributed by atoms with E-state index in [1.807, 2.05) is 0 Å². The number of anilines is 1. The van der Waals surface area contributed by atoms with Crippen LogP contribution >= 0.6 is 11.3 Å². The molecule has 64 valence electrons. The average Bonchev–Trinajstić information content (AvgIpc) is 2.36. The first-order valence-corrected chi connectivity index (χ1v) is 4.03. The molecule has 1 rings (SSSR count). The predicted molar refractivity (Wildman–Crippen MR) is 47.0 cm³/mol. The number of hydrogen-bond donors (Lipinski definition) is 2. The standard InChI is InChI=1S/C6H8N4OS/c1-2-3-4-9-10-6(12-4)8-5(7)11/h2H,1,3H2,(H3,7,8,10,11). The second-order valence-electron chi connectivity index (χ2n) is 1.98. The number of allylic oxidation sites excluding steroid dienone is 1. The maximum Gasteiger partial charge on any atom is 0.318 e. The fourth-order valence-electron chi connectivity index (χ4n) is 0.615. The van der Waals surface area contributed by atoms with E-state index in [2.05, 4.69) is 22.1 Å². The summed E-state index contributed by atoms with van der Waals surface area (Å²) in [5.41, 5.74) is 4.88. The van der Waals surface area contributed by atoms with Crippen molar-refractivity contribution < 1.29 is 4.79 Å². The largest absolute Gasteiger partial charge is 0.351 e. The first-order valence-electron chi connectivity index (χ1n) is 3.22. The number of nitrogens with one attached hydrogen (secondary N) is 1. The van der Waals surface area contributed by atoms with E-state index >= 15 is 0 Å². The molecule has 12 heavy (non-hydrogen) atoms. The van der Waals surface area contributed by atoms with Gasteiger partial charge in [-0.2, -0.15) is 0 Å². The number of primary amides is 1. The first-order chi connectivity index (χ1) is 5.72. The molecule has 1 aromatic heterocycles. The zero-order valence-electron chi connectivity index (χ0n) is 6.28. The lowest BCUT2D eigenvalue weighted by molar-refractivity contribution is 0.259. The van der Waals surface area contributed by atoms with Crippen molar-refractivity contribution >= 4 is 22.5 Å². The Hall–Kier alpha value is -1.43. The van der Waals surface area contributed by atoms with E-state index in [1.54, 1.807) is 6.08 Å². The van der Waals surface area contributed by atoms with Gasteiger partial charge < -0.3 is 5.73 Å². The van der Waals surface area contributed by atoms with Crippen molar-refractivity contribution in [3.8, 4) is 0 Å². The molecule has 0 spiro atoms. The number of urea groups is 1. The monoisotopic (exact) mass is 184 g/mol. The third-order valence-electron chi connectivity index (χ3n) is 1.02. The van der Waals surface area contributed by atoms with Crippen LogP contribution in [0.2, 0.25) is 0 Å². The zero-order chi connectivity index (χ0) is 8.97. The highest BCUT2D eigenvalue weighted by Gasteiger charge is 2.03. The van der Waals surface area contributed by atoms with E-state index in [9.17, 15) is 4.79 Å². The molecule has 1 heterocycles. The number of rotatable bonds is 3. The molecule has 0 aliphatic heterocycles. The summed E-state index contributed by atoms with van der Waals surface area (Å²) in [6.07, 6.45) is 2.37. The summed E-state index contributed by atoms with van der Waals surface area (Å²) in [7, 11) is 0. The molecule has 0 radical (unpaired) electrons. The number of nitrogens with two attached hydrogens (primary N) is 1. The van der Waals surface area contributed by atoms with Crippen molar-refractivity contribution in [2.45, 2.75) is 6.42 Å². The number of carbonyl (C=O) groups is 1. The molecule has 5 nitrogen and oxygen atoms in total. The van der Waals surface area contributed by atoms with Gasteiger partial charge in [-0.1, -0.05) is 17.4 Å². The van der Waals surface area contributed by atoms with Gasteiger partial charge in [-0.3, -0.25) is 5.32 Å². The van der Waals surface area contributed by atoms with Gasteiger partial charge in [-0.05, 0) is 0 Å². The Balaban J connectivity index is 2.63. The van der Waals surface area contributed by atoms with Crippen molar-refractivity contribution in [3.63, 3.8) is 0 Å². The van der Waals surface area contributed by atoms with Gasteiger partial charge in [-0.15, -0.1) is 16.8 Å². The molecule has 0 bridgehead atoms. The van der Waals surface area contributed by atoms with Gasteiger partial charge in [0.15, 0.2) is 0 Å². The molecular weight excluding hydrogens is 176 g/mol. The smallest absolute Gasteiger partial charge is 0.318 e. The number of nitrogens with zero attached hydrogens (tertiary/aromatic N) is 2. The molecule has 0 fully saturated rings. The predicted octanol–water partition coefficient (Wildman–Crippen LogP) is 0.757. The van der Waals surface area contributed by atoms with Crippen molar-refractivity contribution in [1.29, 1.82) is 0 Å². The highest BCUT2D eigenvalue weighted by Crippen LogP contribution is 2.14. The fraction of sp³-hybridized carbons (Fsp3) is 0.167. The lowest BCUT2D eigenvalue weighted by Crippen LogP contribution is -2.18. The van der Waals surface area contributed by atoms with E-state index in [0.29, 0.717) is 11.6 Å². The maximum absolute atomic E-state index is 10.4. The van der Waals surface area contributed by atoms with E-state index < -0.39 is 6.03 Å². The summed E-state index contributed by atoms with van der Waals surface area (Å²) in [6, 6.07) is -0.628. The lowest BCUT2D eigenvalue weighted by Gasteiger charge is -1.90. The molecular formula is C6H8N4OS. The normalized spacial score (nSPS) is 9.33. The quantitative estimate of drug-likeness (QED) is 0.680. The zero-order valence-corrected chi connectivity index (χ0v) is 7.10. The van der Waals surface area contributed by atoms with Crippen LogP contribution in [-0.2, 0) is 6.42 Å². The van der Waals surface area contributed by atoms with Crippen molar-refractivity contribution in [2.24, 2.45) is 5.73 Å². The SMILES string of the molecule is C=CCc1nnc(NC(N)=O)s1. The number of amides is 2. The molecule has 0 saturated heterocycles. The van der Waals surface area contributed by atoms with Crippen LogP contribution in [0, 0.1) is 0 Å². The Bertz CT molecular complexity index is 295. The minimum atomic E-state index is -0.628. The van der Waals surface area contributed by atoms with Gasteiger partial charge in [0.25, 0.3) is 0 Å². The Morgan fingerprint density at radius 1 is 1.75 bits per heavy atom. The summed E-state index contributed by atoms with van der Waals surface area (Å²) >= 11 is 1.28. The average molecular weight is 184 g/mol. The van der Waals surface area contributed by atoms with Crippen molar-refractivity contribution in [2.75, 3.05) is 5.32 Å².